The van der Waals surface area contributed by atoms with Crippen LogP contribution in [0.15, 0.2) is 58.2 Å². The minimum absolute atomic E-state index is 0.132. The summed E-state index contributed by atoms with van der Waals surface area (Å²) in [6.45, 7) is 4.58. The van der Waals surface area contributed by atoms with Crippen LogP contribution in [0.4, 0.5) is 0 Å². The van der Waals surface area contributed by atoms with Crippen LogP contribution in [-0.4, -0.2) is 27.8 Å². The molecule has 144 valence electrons. The zero-order valence-electron chi connectivity index (χ0n) is 15.7. The third-order valence-corrected chi connectivity index (χ3v) is 4.18. The number of aryl methyl sites for hydroxylation is 1. The Kier molecular flexibility index (Phi) is 6.01. The topological polar surface area (TPSA) is 102 Å². The monoisotopic (exact) mass is 379 g/mol. The van der Waals surface area contributed by atoms with E-state index >= 15 is 0 Å². The molecule has 3 aromatic rings. The van der Waals surface area contributed by atoms with Crippen molar-refractivity contribution in [2.45, 2.75) is 26.9 Å². The molecule has 0 aliphatic carbocycles. The number of hydrazone groups is 1. The van der Waals surface area contributed by atoms with Crippen LogP contribution < -0.4 is 10.7 Å². The van der Waals surface area contributed by atoms with Crippen molar-refractivity contribution < 1.29 is 14.0 Å². The molecular weight excluding hydrogens is 358 g/mol. The molecule has 0 atom stereocenters. The van der Waals surface area contributed by atoms with Gasteiger partial charge < -0.3 is 9.73 Å². The van der Waals surface area contributed by atoms with Crippen molar-refractivity contribution >= 4 is 18.0 Å². The number of rotatable bonds is 6. The van der Waals surface area contributed by atoms with Gasteiger partial charge in [-0.25, -0.2) is 5.43 Å². The maximum absolute atomic E-state index is 11.8. The van der Waals surface area contributed by atoms with Gasteiger partial charge in [-0.05, 0) is 31.5 Å². The average Bonchev–Trinajstić information content (AvgIpc) is 3.30. The molecule has 0 fully saturated rings. The zero-order valence-corrected chi connectivity index (χ0v) is 15.7. The number of benzene rings is 1. The summed E-state index contributed by atoms with van der Waals surface area (Å²) in [5, 5.41) is 10.9. The van der Waals surface area contributed by atoms with Crippen LogP contribution in [0.1, 0.15) is 28.3 Å². The number of aromatic nitrogens is 2. The Morgan fingerprint density at radius 2 is 1.93 bits per heavy atom. The molecule has 8 nitrogen and oxygen atoms in total. The largest absolute Gasteiger partial charge is 0.467 e. The van der Waals surface area contributed by atoms with Gasteiger partial charge in [0.15, 0.2) is 0 Å². The first-order valence-electron chi connectivity index (χ1n) is 8.76. The third-order valence-electron chi connectivity index (χ3n) is 4.18. The van der Waals surface area contributed by atoms with E-state index in [2.05, 4.69) is 20.9 Å². The lowest BCUT2D eigenvalue weighted by Gasteiger charge is -2.04. The van der Waals surface area contributed by atoms with E-state index in [-0.39, 0.29) is 6.54 Å². The van der Waals surface area contributed by atoms with Crippen LogP contribution in [0.25, 0.3) is 0 Å². The molecule has 0 bridgehead atoms. The molecule has 8 heteroatoms. The Labute approximate surface area is 162 Å². The lowest BCUT2D eigenvalue weighted by molar-refractivity contribution is -0.139. The van der Waals surface area contributed by atoms with E-state index < -0.39 is 11.8 Å². The average molecular weight is 379 g/mol. The predicted molar refractivity (Wildman–Crippen MR) is 104 cm³/mol. The molecule has 0 unspecified atom stereocenters. The van der Waals surface area contributed by atoms with E-state index in [9.17, 15) is 9.59 Å². The van der Waals surface area contributed by atoms with E-state index in [1.807, 2.05) is 48.9 Å². The summed E-state index contributed by atoms with van der Waals surface area (Å²) < 4.78 is 6.97. The number of carbonyl (C=O) groups excluding carboxylic acids is 2. The summed E-state index contributed by atoms with van der Waals surface area (Å²) in [5.74, 6) is -1.08. The zero-order chi connectivity index (χ0) is 19.9. The van der Waals surface area contributed by atoms with Gasteiger partial charge in [-0.15, -0.1) is 0 Å². The van der Waals surface area contributed by atoms with Crippen LogP contribution in [-0.2, 0) is 22.7 Å². The van der Waals surface area contributed by atoms with Gasteiger partial charge >= 0.3 is 11.8 Å². The number of nitrogens with zero attached hydrogens (tertiary/aromatic N) is 3. The Balaban J connectivity index is 1.57. The van der Waals surface area contributed by atoms with Crippen molar-refractivity contribution in [1.82, 2.24) is 20.5 Å². The van der Waals surface area contributed by atoms with Crippen LogP contribution in [0, 0.1) is 13.8 Å². The van der Waals surface area contributed by atoms with Crippen LogP contribution in [0.5, 0.6) is 0 Å². The minimum atomic E-state index is -0.852. The Bertz CT molecular complexity index is 975. The van der Waals surface area contributed by atoms with E-state index in [1.165, 1.54) is 12.5 Å². The number of nitrogens with one attached hydrogen (secondary N) is 2. The standard InChI is InChI=1S/C20H21N5O3/c1-14-18(15(2)25(24-14)13-16-7-4-3-5-8-16)12-22-23-20(27)19(26)21-11-17-9-6-10-28-17/h3-10,12H,11,13H2,1-2H3,(H,21,26)(H,23,27)/b22-12+. The maximum atomic E-state index is 11.8. The minimum Gasteiger partial charge on any atom is -0.467 e. The number of furan rings is 1. The third kappa shape index (κ3) is 4.73. The molecule has 0 radical (unpaired) electrons. The predicted octanol–water partition coefficient (Wildman–Crippen LogP) is 1.91. The van der Waals surface area contributed by atoms with E-state index in [1.54, 1.807) is 12.1 Å². The quantitative estimate of drug-likeness (QED) is 0.388. The van der Waals surface area contributed by atoms with Gasteiger partial charge in [0.2, 0.25) is 0 Å². The highest BCUT2D eigenvalue weighted by Crippen LogP contribution is 2.12. The molecule has 2 amide bonds. The molecule has 2 aromatic heterocycles. The van der Waals surface area contributed by atoms with Gasteiger partial charge in [0.25, 0.3) is 0 Å². The Morgan fingerprint density at radius 3 is 2.64 bits per heavy atom. The fraction of sp³-hybridized carbons (Fsp3) is 0.200. The summed E-state index contributed by atoms with van der Waals surface area (Å²) in [5.41, 5.74) is 5.86. The smallest absolute Gasteiger partial charge is 0.329 e. The molecule has 0 saturated heterocycles. The fourth-order valence-corrected chi connectivity index (χ4v) is 2.67. The summed E-state index contributed by atoms with van der Waals surface area (Å²) in [7, 11) is 0. The van der Waals surface area contributed by atoms with Crippen molar-refractivity contribution in [2.24, 2.45) is 5.10 Å². The van der Waals surface area contributed by atoms with Gasteiger partial charge in [0.1, 0.15) is 5.76 Å². The van der Waals surface area contributed by atoms with Crippen LogP contribution in [0.3, 0.4) is 0 Å². The maximum Gasteiger partial charge on any atom is 0.329 e. The second-order valence-electron chi connectivity index (χ2n) is 6.19. The van der Waals surface area contributed by atoms with Gasteiger partial charge in [-0.2, -0.15) is 10.2 Å². The first-order valence-corrected chi connectivity index (χ1v) is 8.76. The summed E-state index contributed by atoms with van der Waals surface area (Å²) in [6.07, 6.45) is 2.99. The molecule has 0 aliphatic rings. The highest BCUT2D eigenvalue weighted by atomic mass is 16.3. The second kappa shape index (κ2) is 8.81. The molecule has 0 spiro atoms. The van der Waals surface area contributed by atoms with Crippen molar-refractivity contribution in [3.63, 3.8) is 0 Å². The lowest BCUT2D eigenvalue weighted by atomic mass is 10.2. The number of hydrogen-bond donors (Lipinski definition) is 2. The van der Waals surface area contributed by atoms with Gasteiger partial charge in [0, 0.05) is 11.3 Å². The molecular formula is C20H21N5O3. The number of carbonyl (C=O) groups is 2. The second-order valence-corrected chi connectivity index (χ2v) is 6.19. The summed E-state index contributed by atoms with van der Waals surface area (Å²) in [6, 6.07) is 13.4. The van der Waals surface area contributed by atoms with Crippen molar-refractivity contribution in [1.29, 1.82) is 0 Å². The van der Waals surface area contributed by atoms with Gasteiger partial charge in [-0.1, -0.05) is 30.3 Å². The SMILES string of the molecule is Cc1nn(Cc2ccccc2)c(C)c1/C=N/NC(=O)C(=O)NCc1ccco1. The Morgan fingerprint density at radius 1 is 1.14 bits per heavy atom. The molecule has 1 aromatic carbocycles. The fourth-order valence-electron chi connectivity index (χ4n) is 2.67. The van der Waals surface area contributed by atoms with Gasteiger partial charge in [0.05, 0.1) is 31.3 Å². The van der Waals surface area contributed by atoms with Crippen molar-refractivity contribution in [3.8, 4) is 0 Å². The van der Waals surface area contributed by atoms with Gasteiger partial charge in [-0.3, -0.25) is 14.3 Å². The van der Waals surface area contributed by atoms with E-state index in [0.717, 1.165) is 22.5 Å². The normalized spacial score (nSPS) is 10.9. The molecule has 0 aliphatic heterocycles. The van der Waals surface area contributed by atoms with Crippen LogP contribution in [0.2, 0.25) is 0 Å². The summed E-state index contributed by atoms with van der Waals surface area (Å²) in [4.78, 5) is 23.6. The number of hydrogen-bond acceptors (Lipinski definition) is 5. The molecule has 3 rings (SSSR count). The lowest BCUT2D eigenvalue weighted by Crippen LogP contribution is -2.37. The highest BCUT2D eigenvalue weighted by Gasteiger charge is 2.14. The molecule has 2 N–H and O–H groups in total. The van der Waals surface area contributed by atoms with E-state index in [4.69, 9.17) is 4.42 Å². The number of amides is 2. The molecule has 28 heavy (non-hydrogen) atoms. The first kappa shape index (κ1) is 19.1. The van der Waals surface area contributed by atoms with Crippen molar-refractivity contribution in [3.05, 3.63) is 77.0 Å². The van der Waals surface area contributed by atoms with E-state index in [0.29, 0.717) is 12.3 Å². The summed E-state index contributed by atoms with van der Waals surface area (Å²) >= 11 is 0. The van der Waals surface area contributed by atoms with Crippen molar-refractivity contribution in [2.75, 3.05) is 0 Å². The molecule has 0 saturated carbocycles. The van der Waals surface area contributed by atoms with Crippen LogP contribution >= 0.6 is 0 Å². The highest BCUT2D eigenvalue weighted by molar-refractivity contribution is 6.35. The first-order chi connectivity index (χ1) is 13.5. The Hall–Kier alpha value is -3.68. The molecule has 2 heterocycles.